The summed E-state index contributed by atoms with van der Waals surface area (Å²) in [6, 6.07) is 8.30. The molecule has 9 nitrogen and oxygen atoms in total. The molecule has 0 spiro atoms. The number of likely N-dealkylation sites (tertiary alicyclic amines) is 1. The van der Waals surface area contributed by atoms with Crippen LogP contribution in [0, 0.1) is 12.8 Å². The lowest BCUT2D eigenvalue weighted by Gasteiger charge is -2.33. The van der Waals surface area contributed by atoms with E-state index in [1.54, 1.807) is 36.4 Å². The van der Waals surface area contributed by atoms with E-state index in [4.69, 9.17) is 10.5 Å². The van der Waals surface area contributed by atoms with Gasteiger partial charge >= 0.3 is 12.0 Å². The molecular weight excluding hydrogens is 432 g/mol. The van der Waals surface area contributed by atoms with Crippen molar-refractivity contribution < 1.29 is 14.3 Å². The first-order chi connectivity index (χ1) is 16.4. The molecule has 1 fully saturated rings. The van der Waals surface area contributed by atoms with Crippen molar-refractivity contribution in [1.82, 2.24) is 24.8 Å². The number of aromatic nitrogens is 3. The molecule has 1 aliphatic rings. The fourth-order valence-corrected chi connectivity index (χ4v) is 4.48. The van der Waals surface area contributed by atoms with Crippen LogP contribution in [0.25, 0.3) is 11.0 Å². The predicted molar refractivity (Wildman–Crippen MR) is 130 cm³/mol. The Bertz CT molecular complexity index is 1140. The minimum Gasteiger partial charge on any atom is -0.464 e. The quantitative estimate of drug-likeness (QED) is 0.410. The zero-order valence-corrected chi connectivity index (χ0v) is 19.7. The maximum Gasteiger partial charge on any atom is 0.329 e. The summed E-state index contributed by atoms with van der Waals surface area (Å²) in [6.07, 6.45) is 5.70. The molecule has 9 heteroatoms. The van der Waals surface area contributed by atoms with E-state index in [9.17, 15) is 9.59 Å². The van der Waals surface area contributed by atoms with Gasteiger partial charge in [0.05, 0.1) is 18.3 Å². The van der Waals surface area contributed by atoms with Crippen LogP contribution >= 0.6 is 0 Å². The van der Waals surface area contributed by atoms with Gasteiger partial charge in [-0.25, -0.2) is 14.6 Å². The van der Waals surface area contributed by atoms with Crippen LogP contribution in [0.2, 0.25) is 0 Å². The molecule has 0 aliphatic carbocycles. The van der Waals surface area contributed by atoms with Gasteiger partial charge in [0.25, 0.3) is 0 Å². The molecule has 0 saturated carbocycles. The number of ether oxygens (including phenoxy) is 1. The molecule has 3 N–H and O–H groups in total. The molecule has 34 heavy (non-hydrogen) atoms. The van der Waals surface area contributed by atoms with Gasteiger partial charge in [0.2, 0.25) is 0 Å². The Hall–Kier alpha value is -3.62. The van der Waals surface area contributed by atoms with Crippen molar-refractivity contribution in [2.24, 2.45) is 5.92 Å². The number of esters is 1. The first kappa shape index (κ1) is 23.5. The van der Waals surface area contributed by atoms with Crippen LogP contribution in [0.1, 0.15) is 31.2 Å². The number of nitrogens with zero attached hydrogens (tertiary/aromatic N) is 4. The lowest BCUT2D eigenvalue weighted by Crippen LogP contribution is -2.51. The van der Waals surface area contributed by atoms with Gasteiger partial charge in [-0.05, 0) is 56.4 Å². The van der Waals surface area contributed by atoms with Crippen molar-refractivity contribution in [3.8, 4) is 0 Å². The van der Waals surface area contributed by atoms with E-state index in [1.165, 1.54) is 0 Å². The number of benzene rings is 1. The normalized spacial score (nSPS) is 15.3. The molecule has 0 bridgehead atoms. The number of piperidine rings is 1. The highest BCUT2D eigenvalue weighted by molar-refractivity contribution is 5.84. The van der Waals surface area contributed by atoms with Crippen molar-refractivity contribution in [3.05, 3.63) is 54.1 Å². The molecule has 0 radical (unpaired) electrons. The van der Waals surface area contributed by atoms with Crippen molar-refractivity contribution in [3.63, 3.8) is 0 Å². The van der Waals surface area contributed by atoms with Gasteiger partial charge in [0.1, 0.15) is 17.4 Å². The summed E-state index contributed by atoms with van der Waals surface area (Å²) in [7, 11) is 0. The maximum atomic E-state index is 13.0. The second kappa shape index (κ2) is 10.5. The molecule has 3 heterocycles. The number of nitrogens with one attached hydrogen (secondary N) is 1. The van der Waals surface area contributed by atoms with Crippen LogP contribution in [0.4, 0.5) is 10.5 Å². The van der Waals surface area contributed by atoms with E-state index in [0.717, 1.165) is 41.8 Å². The Labute approximate surface area is 199 Å². The number of fused-ring (bicyclic) bond motifs is 1. The summed E-state index contributed by atoms with van der Waals surface area (Å²) in [5.41, 5.74) is 9.31. The van der Waals surface area contributed by atoms with Crippen molar-refractivity contribution in [2.75, 3.05) is 25.4 Å². The summed E-state index contributed by atoms with van der Waals surface area (Å²) < 4.78 is 7.44. The number of anilines is 1. The Morgan fingerprint density at radius 3 is 2.65 bits per heavy atom. The lowest BCUT2D eigenvalue weighted by molar-refractivity contribution is -0.145. The van der Waals surface area contributed by atoms with Gasteiger partial charge < -0.3 is 25.3 Å². The van der Waals surface area contributed by atoms with E-state index in [1.807, 2.05) is 25.1 Å². The van der Waals surface area contributed by atoms with Crippen molar-refractivity contribution >= 4 is 28.7 Å². The molecule has 1 saturated heterocycles. The minimum absolute atomic E-state index is 0.234. The van der Waals surface area contributed by atoms with Crippen LogP contribution in [-0.2, 0) is 22.5 Å². The Morgan fingerprint density at radius 1 is 1.21 bits per heavy atom. The highest BCUT2D eigenvalue weighted by atomic mass is 16.5. The summed E-state index contributed by atoms with van der Waals surface area (Å²) in [5.74, 6) is 0.992. The Kier molecular flexibility index (Phi) is 7.30. The molecule has 3 aromatic rings. The van der Waals surface area contributed by atoms with Crippen molar-refractivity contribution in [2.45, 2.75) is 45.7 Å². The van der Waals surface area contributed by atoms with E-state index < -0.39 is 12.0 Å². The van der Waals surface area contributed by atoms with Gasteiger partial charge in [0, 0.05) is 37.9 Å². The maximum absolute atomic E-state index is 13.0. The van der Waals surface area contributed by atoms with E-state index in [0.29, 0.717) is 31.1 Å². The van der Waals surface area contributed by atoms with E-state index in [2.05, 4.69) is 19.9 Å². The number of nitrogens with two attached hydrogens (primary N) is 1. The van der Waals surface area contributed by atoms with Gasteiger partial charge in [-0.1, -0.05) is 12.1 Å². The Morgan fingerprint density at radius 2 is 1.94 bits per heavy atom. The SMILES string of the molecule is CCOC(=O)C(Cc1ccc(N)cc1)NC(=O)N1CCC(Cn2c(C)nc3cnccc32)CC1. The van der Waals surface area contributed by atoms with Crippen LogP contribution < -0.4 is 11.1 Å². The van der Waals surface area contributed by atoms with Gasteiger partial charge in [-0.15, -0.1) is 0 Å². The summed E-state index contributed by atoms with van der Waals surface area (Å²) in [4.78, 5) is 36.0. The fourth-order valence-electron chi connectivity index (χ4n) is 4.48. The van der Waals surface area contributed by atoms with Crippen LogP contribution in [0.15, 0.2) is 42.7 Å². The molecule has 1 atom stereocenters. The largest absolute Gasteiger partial charge is 0.464 e. The monoisotopic (exact) mass is 464 g/mol. The molecule has 1 aromatic carbocycles. The average molecular weight is 465 g/mol. The molecular formula is C25H32N6O3. The van der Waals surface area contributed by atoms with Crippen LogP contribution in [0.3, 0.4) is 0 Å². The number of hydrogen-bond donors (Lipinski definition) is 2. The topological polar surface area (TPSA) is 115 Å². The molecule has 2 aromatic heterocycles. The number of urea groups is 1. The lowest BCUT2D eigenvalue weighted by atomic mass is 9.96. The number of rotatable bonds is 7. The number of carbonyl (C=O) groups excluding carboxylic acids is 2. The van der Waals surface area contributed by atoms with Crippen molar-refractivity contribution in [1.29, 1.82) is 0 Å². The first-order valence-electron chi connectivity index (χ1n) is 11.8. The number of amides is 2. The second-order valence-electron chi connectivity index (χ2n) is 8.76. The zero-order valence-electron chi connectivity index (χ0n) is 19.7. The highest BCUT2D eigenvalue weighted by Gasteiger charge is 2.28. The molecule has 1 aliphatic heterocycles. The third-order valence-corrected chi connectivity index (χ3v) is 6.37. The number of nitrogen functional groups attached to an aromatic ring is 1. The third-order valence-electron chi connectivity index (χ3n) is 6.37. The van der Waals surface area contributed by atoms with Gasteiger partial charge in [0.15, 0.2) is 0 Å². The number of hydrogen-bond acceptors (Lipinski definition) is 6. The van der Waals surface area contributed by atoms with Crippen LogP contribution in [-0.4, -0.2) is 57.2 Å². The minimum atomic E-state index is -0.748. The summed E-state index contributed by atoms with van der Waals surface area (Å²) in [5, 5.41) is 2.89. The van der Waals surface area contributed by atoms with Gasteiger partial charge in [-0.2, -0.15) is 0 Å². The summed E-state index contributed by atoms with van der Waals surface area (Å²) >= 11 is 0. The standard InChI is InChI=1S/C25H32N6O3/c1-3-34-24(32)21(14-18-4-6-20(26)7-5-18)29-25(33)30-12-9-19(10-13-30)16-31-17(2)28-22-15-27-11-8-23(22)31/h4-8,11,15,19,21H,3,9-10,12-14,16,26H2,1-2H3,(H,29,33). The summed E-state index contributed by atoms with van der Waals surface area (Å²) in [6.45, 7) is 6.18. The fraction of sp³-hybridized carbons (Fsp3) is 0.440. The smallest absolute Gasteiger partial charge is 0.329 e. The third kappa shape index (κ3) is 5.47. The predicted octanol–water partition coefficient (Wildman–Crippen LogP) is 2.92. The number of aryl methyl sites for hydroxylation is 1. The number of pyridine rings is 1. The molecule has 1 unspecified atom stereocenters. The zero-order chi connectivity index (χ0) is 24.1. The highest BCUT2D eigenvalue weighted by Crippen LogP contribution is 2.23. The Balaban J connectivity index is 1.35. The molecule has 180 valence electrons. The van der Waals surface area contributed by atoms with Crippen LogP contribution in [0.5, 0.6) is 0 Å². The van der Waals surface area contributed by atoms with E-state index in [-0.39, 0.29) is 12.6 Å². The number of carbonyl (C=O) groups is 2. The molecule has 4 rings (SSSR count). The van der Waals surface area contributed by atoms with Gasteiger partial charge in [-0.3, -0.25) is 4.98 Å². The first-order valence-corrected chi connectivity index (χ1v) is 11.8. The van der Waals surface area contributed by atoms with E-state index >= 15 is 0 Å². The number of imidazole rings is 1. The second-order valence-corrected chi connectivity index (χ2v) is 8.76. The average Bonchev–Trinajstić information content (AvgIpc) is 3.15. The molecule has 2 amide bonds.